The van der Waals surface area contributed by atoms with Crippen molar-refractivity contribution in [2.24, 2.45) is 0 Å². The van der Waals surface area contributed by atoms with E-state index in [0.717, 1.165) is 36.0 Å². The van der Waals surface area contributed by atoms with E-state index in [4.69, 9.17) is 0 Å². The van der Waals surface area contributed by atoms with Gasteiger partial charge in [-0.15, -0.1) is 11.8 Å². The summed E-state index contributed by atoms with van der Waals surface area (Å²) in [7, 11) is 1.87. The molecule has 106 valence electrons. The van der Waals surface area contributed by atoms with E-state index in [0.29, 0.717) is 0 Å². The molecule has 0 aliphatic carbocycles. The monoisotopic (exact) mass is 288 g/mol. The average Bonchev–Trinajstić information content (AvgIpc) is 2.48. The number of rotatable bonds is 6. The van der Waals surface area contributed by atoms with Gasteiger partial charge >= 0.3 is 0 Å². The smallest absolute Gasteiger partial charge is 0.136 e. The zero-order valence-corrected chi connectivity index (χ0v) is 12.9. The van der Waals surface area contributed by atoms with Crippen LogP contribution in [0.25, 0.3) is 0 Å². The average molecular weight is 288 g/mol. The van der Waals surface area contributed by atoms with Crippen LogP contribution in [-0.2, 0) is 6.42 Å². The van der Waals surface area contributed by atoms with Crippen LogP contribution in [0, 0.1) is 0 Å². The van der Waals surface area contributed by atoms with Gasteiger partial charge in [-0.3, -0.25) is 0 Å². The molecule has 1 heterocycles. The van der Waals surface area contributed by atoms with E-state index < -0.39 is 0 Å². The SMILES string of the molecule is CCCc1nc(NC)cc(Nc2ccc(SC)cc2)n1. The number of nitrogens with one attached hydrogen (secondary N) is 2. The Kier molecular flexibility index (Phi) is 5.24. The molecule has 20 heavy (non-hydrogen) atoms. The summed E-state index contributed by atoms with van der Waals surface area (Å²) in [6.45, 7) is 2.13. The molecule has 2 aromatic rings. The van der Waals surface area contributed by atoms with Crippen LogP contribution < -0.4 is 10.6 Å². The first-order valence-electron chi connectivity index (χ1n) is 6.72. The van der Waals surface area contributed by atoms with Gasteiger partial charge < -0.3 is 10.6 Å². The topological polar surface area (TPSA) is 49.8 Å². The second-order valence-corrected chi connectivity index (χ2v) is 5.29. The maximum absolute atomic E-state index is 4.54. The first kappa shape index (κ1) is 14.7. The fourth-order valence-corrected chi connectivity index (χ4v) is 2.26. The van der Waals surface area contributed by atoms with E-state index in [1.54, 1.807) is 11.8 Å². The second-order valence-electron chi connectivity index (χ2n) is 4.41. The van der Waals surface area contributed by atoms with Crippen LogP contribution in [0.1, 0.15) is 19.2 Å². The third-order valence-electron chi connectivity index (χ3n) is 2.86. The number of hydrogen-bond donors (Lipinski definition) is 2. The van der Waals surface area contributed by atoms with Crippen molar-refractivity contribution in [3.8, 4) is 0 Å². The quantitative estimate of drug-likeness (QED) is 0.789. The maximum atomic E-state index is 4.54. The molecular formula is C15H20N4S. The Morgan fingerprint density at radius 2 is 1.80 bits per heavy atom. The molecule has 4 nitrogen and oxygen atoms in total. The Bertz CT molecular complexity index is 554. The van der Waals surface area contributed by atoms with Crippen molar-refractivity contribution in [3.05, 3.63) is 36.2 Å². The Morgan fingerprint density at radius 3 is 2.40 bits per heavy atom. The van der Waals surface area contributed by atoms with Crippen molar-refractivity contribution in [3.63, 3.8) is 0 Å². The molecule has 0 spiro atoms. The highest BCUT2D eigenvalue weighted by Gasteiger charge is 2.04. The van der Waals surface area contributed by atoms with E-state index >= 15 is 0 Å². The predicted octanol–water partition coefficient (Wildman–Crippen LogP) is 3.94. The zero-order chi connectivity index (χ0) is 14.4. The van der Waals surface area contributed by atoms with Crippen LogP contribution in [0.2, 0.25) is 0 Å². The molecule has 0 atom stereocenters. The first-order valence-corrected chi connectivity index (χ1v) is 7.94. The minimum Gasteiger partial charge on any atom is -0.373 e. The molecular weight excluding hydrogens is 268 g/mol. The lowest BCUT2D eigenvalue weighted by molar-refractivity contribution is 0.838. The molecule has 0 radical (unpaired) electrons. The molecule has 5 heteroatoms. The predicted molar refractivity (Wildman–Crippen MR) is 87.1 cm³/mol. The molecule has 2 N–H and O–H groups in total. The fourth-order valence-electron chi connectivity index (χ4n) is 1.85. The van der Waals surface area contributed by atoms with Crippen LogP contribution in [0.4, 0.5) is 17.3 Å². The van der Waals surface area contributed by atoms with Crippen molar-refractivity contribution < 1.29 is 0 Å². The van der Waals surface area contributed by atoms with Crippen LogP contribution >= 0.6 is 11.8 Å². The lowest BCUT2D eigenvalue weighted by Gasteiger charge is -2.10. The molecule has 1 aromatic carbocycles. The molecule has 0 bridgehead atoms. The fraction of sp³-hybridized carbons (Fsp3) is 0.333. The number of anilines is 3. The molecule has 1 aromatic heterocycles. The second kappa shape index (κ2) is 7.14. The van der Waals surface area contributed by atoms with E-state index in [-0.39, 0.29) is 0 Å². The largest absolute Gasteiger partial charge is 0.373 e. The minimum absolute atomic E-state index is 0.824. The molecule has 0 saturated carbocycles. The third kappa shape index (κ3) is 3.87. The van der Waals surface area contributed by atoms with Crippen molar-refractivity contribution >= 4 is 29.1 Å². The highest BCUT2D eigenvalue weighted by Crippen LogP contribution is 2.21. The van der Waals surface area contributed by atoms with Gasteiger partial charge in [-0.25, -0.2) is 9.97 Å². The van der Waals surface area contributed by atoms with E-state index in [1.165, 1.54) is 4.90 Å². The summed E-state index contributed by atoms with van der Waals surface area (Å²) in [4.78, 5) is 10.2. The van der Waals surface area contributed by atoms with Crippen LogP contribution in [0.15, 0.2) is 35.2 Å². The minimum atomic E-state index is 0.824. The van der Waals surface area contributed by atoms with Gasteiger partial charge in [-0.2, -0.15) is 0 Å². The van der Waals surface area contributed by atoms with E-state index in [2.05, 4.69) is 58.0 Å². The van der Waals surface area contributed by atoms with Crippen LogP contribution in [0.5, 0.6) is 0 Å². The summed E-state index contributed by atoms with van der Waals surface area (Å²) in [5.41, 5.74) is 1.03. The van der Waals surface area contributed by atoms with Crippen LogP contribution in [-0.4, -0.2) is 23.3 Å². The molecule has 0 aliphatic heterocycles. The van der Waals surface area contributed by atoms with Crippen molar-refractivity contribution in [2.45, 2.75) is 24.7 Å². The van der Waals surface area contributed by atoms with Gasteiger partial charge in [-0.05, 0) is 36.9 Å². The molecule has 0 amide bonds. The summed E-state index contributed by atoms with van der Waals surface area (Å²) in [6, 6.07) is 10.2. The summed E-state index contributed by atoms with van der Waals surface area (Å²) in [5.74, 6) is 2.53. The number of nitrogens with zero attached hydrogens (tertiary/aromatic N) is 2. The molecule has 0 saturated heterocycles. The zero-order valence-electron chi connectivity index (χ0n) is 12.1. The standard InChI is InChI=1S/C15H20N4S/c1-4-5-13-18-14(16-2)10-15(19-13)17-11-6-8-12(20-3)9-7-11/h6-10H,4-5H2,1-3H3,(H2,16,17,18,19). The highest BCUT2D eigenvalue weighted by atomic mass is 32.2. The van der Waals surface area contributed by atoms with Crippen molar-refractivity contribution in [1.29, 1.82) is 0 Å². The number of thioether (sulfide) groups is 1. The highest BCUT2D eigenvalue weighted by molar-refractivity contribution is 7.98. The Labute approximate surface area is 124 Å². The number of aromatic nitrogens is 2. The number of benzene rings is 1. The molecule has 2 rings (SSSR count). The lowest BCUT2D eigenvalue weighted by atomic mass is 10.3. The number of aryl methyl sites for hydroxylation is 1. The molecule has 0 fully saturated rings. The summed E-state index contributed by atoms with van der Waals surface area (Å²) >= 11 is 1.74. The van der Waals surface area contributed by atoms with Gasteiger partial charge in [0, 0.05) is 30.1 Å². The summed E-state index contributed by atoms with van der Waals surface area (Å²) in [6.07, 6.45) is 3.99. The summed E-state index contributed by atoms with van der Waals surface area (Å²) in [5, 5.41) is 6.40. The molecule has 0 unspecified atom stereocenters. The van der Waals surface area contributed by atoms with E-state index in [1.807, 2.05) is 13.1 Å². The van der Waals surface area contributed by atoms with Gasteiger partial charge in [0.15, 0.2) is 0 Å². The Morgan fingerprint density at radius 1 is 1.10 bits per heavy atom. The maximum Gasteiger partial charge on any atom is 0.136 e. The third-order valence-corrected chi connectivity index (χ3v) is 3.61. The first-order chi connectivity index (χ1) is 9.75. The van der Waals surface area contributed by atoms with Crippen molar-refractivity contribution in [1.82, 2.24) is 9.97 Å². The van der Waals surface area contributed by atoms with Crippen LogP contribution in [0.3, 0.4) is 0 Å². The van der Waals surface area contributed by atoms with Gasteiger partial charge in [0.1, 0.15) is 17.5 Å². The van der Waals surface area contributed by atoms with Crippen molar-refractivity contribution in [2.75, 3.05) is 23.9 Å². The molecule has 0 aliphatic rings. The number of hydrogen-bond acceptors (Lipinski definition) is 5. The normalized spacial score (nSPS) is 10.3. The lowest BCUT2D eigenvalue weighted by Crippen LogP contribution is -2.03. The Balaban J connectivity index is 2.20. The van der Waals surface area contributed by atoms with Gasteiger partial charge in [0.2, 0.25) is 0 Å². The Hall–Kier alpha value is -1.75. The summed E-state index contributed by atoms with van der Waals surface area (Å²) < 4.78 is 0. The van der Waals surface area contributed by atoms with E-state index in [9.17, 15) is 0 Å². The van der Waals surface area contributed by atoms with Gasteiger partial charge in [-0.1, -0.05) is 6.92 Å². The van der Waals surface area contributed by atoms with Gasteiger partial charge in [0.05, 0.1) is 0 Å². The van der Waals surface area contributed by atoms with Gasteiger partial charge in [0.25, 0.3) is 0 Å².